The molecule has 4 nitrogen and oxygen atoms in total. The van der Waals surface area contributed by atoms with Crippen molar-refractivity contribution in [3.8, 4) is 0 Å². The Kier molecular flexibility index (Phi) is 10.4. The zero-order valence-corrected chi connectivity index (χ0v) is 20.6. The summed E-state index contributed by atoms with van der Waals surface area (Å²) in [6.45, 7) is 4.61. The second kappa shape index (κ2) is 12.5. The van der Waals surface area contributed by atoms with E-state index in [0.29, 0.717) is 44.2 Å². The molecule has 0 bridgehead atoms. The molecule has 0 saturated heterocycles. The fourth-order valence-corrected chi connectivity index (χ4v) is 4.04. The molecule has 168 valence electrons. The Balaban J connectivity index is 2.34. The van der Waals surface area contributed by atoms with Gasteiger partial charge in [0.15, 0.2) is 0 Å². The number of carbonyl (C=O) groups excluding carboxylic acids is 2. The maximum Gasteiger partial charge on any atom is 0.242 e. The van der Waals surface area contributed by atoms with Crippen LogP contribution in [-0.2, 0) is 22.6 Å². The maximum absolute atomic E-state index is 13.4. The van der Waals surface area contributed by atoms with Crippen LogP contribution in [0, 0.1) is 0 Å². The molecule has 2 aromatic carbocycles. The van der Waals surface area contributed by atoms with Crippen LogP contribution in [0.3, 0.4) is 0 Å². The molecule has 31 heavy (non-hydrogen) atoms. The molecular weight excluding hydrogens is 478 g/mol. The average molecular weight is 504 g/mol. The minimum atomic E-state index is -0.653. The Bertz CT molecular complexity index is 900. The van der Waals surface area contributed by atoms with Crippen LogP contribution in [-0.4, -0.2) is 29.3 Å². The lowest BCUT2D eigenvalue weighted by molar-refractivity contribution is -0.140. The van der Waals surface area contributed by atoms with Gasteiger partial charge in [-0.1, -0.05) is 78.8 Å². The van der Waals surface area contributed by atoms with Crippen molar-refractivity contribution in [2.45, 2.75) is 52.1 Å². The number of carbonyl (C=O) groups is 2. The molecule has 8 heteroatoms. The number of hydrogen-bond acceptors (Lipinski definition) is 2. The zero-order valence-electron chi connectivity index (χ0n) is 17.6. The summed E-state index contributed by atoms with van der Waals surface area (Å²) < 4.78 is 0. The summed E-state index contributed by atoms with van der Waals surface area (Å²) in [7, 11) is 0. The Hall–Kier alpha value is -1.46. The molecule has 0 aliphatic carbocycles. The Morgan fingerprint density at radius 2 is 1.65 bits per heavy atom. The summed E-state index contributed by atoms with van der Waals surface area (Å²) in [6.07, 6.45) is 2.35. The highest BCUT2D eigenvalue weighted by Crippen LogP contribution is 2.28. The zero-order chi connectivity index (χ0) is 23.0. The van der Waals surface area contributed by atoms with E-state index in [4.69, 9.17) is 46.4 Å². The van der Waals surface area contributed by atoms with Crippen molar-refractivity contribution >= 4 is 58.2 Å². The number of halogens is 4. The van der Waals surface area contributed by atoms with Gasteiger partial charge in [0.05, 0.1) is 16.5 Å². The van der Waals surface area contributed by atoms with E-state index in [1.165, 1.54) is 4.90 Å². The van der Waals surface area contributed by atoms with Crippen LogP contribution in [0.15, 0.2) is 36.4 Å². The molecule has 0 unspecified atom stereocenters. The largest absolute Gasteiger partial charge is 0.354 e. The molecule has 1 N–H and O–H groups in total. The number of unbranched alkanes of at least 4 members (excludes halogenated alkanes) is 1. The first-order valence-electron chi connectivity index (χ1n) is 10.2. The van der Waals surface area contributed by atoms with Crippen LogP contribution in [0.25, 0.3) is 0 Å². The van der Waals surface area contributed by atoms with Gasteiger partial charge in [-0.25, -0.2) is 0 Å². The van der Waals surface area contributed by atoms with Crippen LogP contribution in [0.4, 0.5) is 0 Å². The number of nitrogens with zero attached hydrogens (tertiary/aromatic N) is 1. The van der Waals surface area contributed by atoms with E-state index in [0.717, 1.165) is 12.8 Å². The van der Waals surface area contributed by atoms with Gasteiger partial charge in [0.1, 0.15) is 6.04 Å². The van der Waals surface area contributed by atoms with Crippen molar-refractivity contribution in [1.29, 1.82) is 0 Å². The summed E-state index contributed by atoms with van der Waals surface area (Å²) in [6, 6.07) is 9.57. The lowest BCUT2D eigenvalue weighted by Crippen LogP contribution is -2.49. The van der Waals surface area contributed by atoms with Gasteiger partial charge >= 0.3 is 0 Å². The lowest BCUT2D eigenvalue weighted by atomic mass is 10.1. The highest BCUT2D eigenvalue weighted by Gasteiger charge is 2.29. The summed E-state index contributed by atoms with van der Waals surface area (Å²) in [5, 5.41) is 4.61. The Labute approximate surface area is 203 Å². The first kappa shape index (κ1) is 25.8. The minimum Gasteiger partial charge on any atom is -0.354 e. The quantitative estimate of drug-likeness (QED) is 0.373. The van der Waals surface area contributed by atoms with Gasteiger partial charge in [0.25, 0.3) is 0 Å². The number of amides is 2. The molecule has 2 amide bonds. The van der Waals surface area contributed by atoms with E-state index in [1.54, 1.807) is 36.4 Å². The van der Waals surface area contributed by atoms with Crippen molar-refractivity contribution in [3.63, 3.8) is 0 Å². The third kappa shape index (κ3) is 7.28. The topological polar surface area (TPSA) is 49.4 Å². The van der Waals surface area contributed by atoms with Gasteiger partial charge in [-0.2, -0.15) is 0 Å². The second-order valence-electron chi connectivity index (χ2n) is 7.22. The summed E-state index contributed by atoms with van der Waals surface area (Å²) >= 11 is 24.8. The molecular formula is C23H26Cl4N2O2. The van der Waals surface area contributed by atoms with E-state index < -0.39 is 6.04 Å². The summed E-state index contributed by atoms with van der Waals surface area (Å²) in [5.74, 6) is -0.423. The van der Waals surface area contributed by atoms with Gasteiger partial charge < -0.3 is 10.2 Å². The van der Waals surface area contributed by atoms with Crippen molar-refractivity contribution in [1.82, 2.24) is 10.2 Å². The SMILES string of the molecule is CCCCNC(=O)[C@@H](CC)N(Cc1c(Cl)cccc1Cl)C(=O)Cc1ccc(Cl)c(Cl)c1. The van der Waals surface area contributed by atoms with Crippen LogP contribution in [0.1, 0.15) is 44.2 Å². The van der Waals surface area contributed by atoms with Gasteiger partial charge in [0.2, 0.25) is 11.8 Å². The van der Waals surface area contributed by atoms with Gasteiger partial charge in [-0.3, -0.25) is 9.59 Å². The first-order chi connectivity index (χ1) is 14.8. The molecule has 0 aromatic heterocycles. The van der Waals surface area contributed by atoms with Crippen LogP contribution in [0.5, 0.6) is 0 Å². The summed E-state index contributed by atoms with van der Waals surface area (Å²) in [4.78, 5) is 27.8. The van der Waals surface area contributed by atoms with Gasteiger partial charge in [-0.05, 0) is 42.7 Å². The third-order valence-electron chi connectivity index (χ3n) is 4.94. The van der Waals surface area contributed by atoms with E-state index in [2.05, 4.69) is 12.2 Å². The predicted molar refractivity (Wildman–Crippen MR) is 129 cm³/mol. The number of nitrogens with one attached hydrogen (secondary N) is 1. The molecule has 0 aliphatic heterocycles. The minimum absolute atomic E-state index is 0.0672. The fraction of sp³-hybridized carbons (Fsp3) is 0.391. The summed E-state index contributed by atoms with van der Waals surface area (Å²) in [5.41, 5.74) is 1.31. The Morgan fingerprint density at radius 3 is 2.23 bits per heavy atom. The van der Waals surface area contributed by atoms with Crippen molar-refractivity contribution in [2.75, 3.05) is 6.54 Å². The molecule has 2 rings (SSSR count). The molecule has 0 spiro atoms. The molecule has 1 atom stereocenters. The molecule has 0 radical (unpaired) electrons. The molecule has 0 heterocycles. The first-order valence-corrected chi connectivity index (χ1v) is 11.7. The standard InChI is InChI=1S/C23H26Cl4N2O2/c1-3-5-11-28-23(31)21(4-2)29(14-16-17(24)7-6-8-18(16)25)22(30)13-15-9-10-19(26)20(27)12-15/h6-10,12,21H,3-5,11,13-14H2,1-2H3,(H,28,31)/t21-/m1/s1. The number of rotatable bonds is 10. The van der Waals surface area contributed by atoms with Gasteiger partial charge in [0, 0.05) is 28.7 Å². The highest BCUT2D eigenvalue weighted by molar-refractivity contribution is 6.42. The van der Waals surface area contributed by atoms with Crippen molar-refractivity contribution in [2.24, 2.45) is 0 Å². The predicted octanol–water partition coefficient (Wildman–Crippen LogP) is 6.57. The number of hydrogen-bond donors (Lipinski definition) is 1. The van der Waals surface area contributed by atoms with Crippen molar-refractivity contribution < 1.29 is 9.59 Å². The van der Waals surface area contributed by atoms with Gasteiger partial charge in [-0.15, -0.1) is 0 Å². The lowest BCUT2D eigenvalue weighted by Gasteiger charge is -2.31. The maximum atomic E-state index is 13.4. The van der Waals surface area contributed by atoms with Crippen LogP contribution in [0.2, 0.25) is 20.1 Å². The third-order valence-corrected chi connectivity index (χ3v) is 6.39. The van der Waals surface area contributed by atoms with E-state index in [1.807, 2.05) is 6.92 Å². The molecule has 0 saturated carbocycles. The van der Waals surface area contributed by atoms with Crippen LogP contribution < -0.4 is 5.32 Å². The molecule has 2 aromatic rings. The number of benzene rings is 2. The normalized spacial score (nSPS) is 11.8. The van der Waals surface area contributed by atoms with E-state index in [9.17, 15) is 9.59 Å². The smallest absolute Gasteiger partial charge is 0.242 e. The average Bonchev–Trinajstić information content (AvgIpc) is 2.72. The monoisotopic (exact) mass is 502 g/mol. The highest BCUT2D eigenvalue weighted by atomic mass is 35.5. The fourth-order valence-electron chi connectivity index (χ4n) is 3.21. The molecule has 0 aliphatic rings. The Morgan fingerprint density at radius 1 is 0.968 bits per heavy atom. The molecule has 0 fully saturated rings. The van der Waals surface area contributed by atoms with E-state index in [-0.39, 0.29) is 24.8 Å². The second-order valence-corrected chi connectivity index (χ2v) is 8.84. The van der Waals surface area contributed by atoms with Crippen LogP contribution >= 0.6 is 46.4 Å². The van der Waals surface area contributed by atoms with Crippen molar-refractivity contribution in [3.05, 3.63) is 67.6 Å². The van der Waals surface area contributed by atoms with E-state index >= 15 is 0 Å².